The lowest BCUT2D eigenvalue weighted by Gasteiger charge is -2.04. The number of nitriles is 1. The summed E-state index contributed by atoms with van der Waals surface area (Å²) in [7, 11) is 0. The Morgan fingerprint density at radius 3 is 2.25 bits per heavy atom. The van der Waals surface area contributed by atoms with E-state index in [9.17, 15) is 8.78 Å². The van der Waals surface area contributed by atoms with E-state index in [1.54, 1.807) is 6.07 Å². The monoisotopic (exact) mass is 168 g/mol. The van der Waals surface area contributed by atoms with Crippen LogP contribution in [0.3, 0.4) is 0 Å². The Bertz CT molecular complexity index is 310. The Labute approximate surface area is 68.2 Å². The molecule has 0 radical (unpaired) electrons. The number of hydrogen-bond donors (Lipinski definition) is 1. The summed E-state index contributed by atoms with van der Waals surface area (Å²) < 4.78 is 25.6. The van der Waals surface area contributed by atoms with Gasteiger partial charge in [-0.15, -0.1) is 0 Å². The molecule has 2 N–H and O–H groups in total. The average Bonchev–Trinajstić information content (AvgIpc) is 2.03. The summed E-state index contributed by atoms with van der Waals surface area (Å²) in [6.07, 6.45) is 0. The summed E-state index contributed by atoms with van der Waals surface area (Å²) in [4.78, 5) is 0. The zero-order valence-electron chi connectivity index (χ0n) is 6.09. The second-order valence-electron chi connectivity index (χ2n) is 2.24. The van der Waals surface area contributed by atoms with Crippen molar-refractivity contribution < 1.29 is 8.78 Å². The van der Waals surface area contributed by atoms with Gasteiger partial charge in [0.1, 0.15) is 17.7 Å². The first-order valence-corrected chi connectivity index (χ1v) is 3.26. The fourth-order valence-electron chi connectivity index (χ4n) is 0.872. The van der Waals surface area contributed by atoms with Crippen molar-refractivity contribution in [3.63, 3.8) is 0 Å². The first-order chi connectivity index (χ1) is 5.66. The molecule has 62 valence electrons. The molecule has 4 heteroatoms. The molecule has 1 atom stereocenters. The molecule has 0 bridgehead atoms. The first kappa shape index (κ1) is 8.62. The van der Waals surface area contributed by atoms with Gasteiger partial charge in [-0.05, 0) is 12.1 Å². The van der Waals surface area contributed by atoms with Crippen LogP contribution in [0, 0.1) is 23.0 Å². The second-order valence-corrected chi connectivity index (χ2v) is 2.24. The van der Waals surface area contributed by atoms with Gasteiger partial charge in [-0.2, -0.15) is 5.26 Å². The summed E-state index contributed by atoms with van der Waals surface area (Å²) in [5.74, 6) is -1.58. The standard InChI is InChI=1S/C8H6F2N2/c9-5-2-1-3-6(10)8(5)7(12)4-11/h1-3,7H,12H2/t7-/m1/s1. The van der Waals surface area contributed by atoms with Gasteiger partial charge in [0, 0.05) is 0 Å². The normalized spacial score (nSPS) is 12.2. The molecule has 0 spiro atoms. The predicted octanol–water partition coefficient (Wildman–Crippen LogP) is 1.49. The van der Waals surface area contributed by atoms with Crippen LogP contribution in [0.1, 0.15) is 11.6 Å². The van der Waals surface area contributed by atoms with Crippen molar-refractivity contribution in [3.05, 3.63) is 35.4 Å². The molecule has 0 amide bonds. The Morgan fingerprint density at radius 2 is 1.83 bits per heavy atom. The van der Waals surface area contributed by atoms with E-state index in [1.165, 1.54) is 6.07 Å². The third kappa shape index (κ3) is 1.41. The molecule has 0 aliphatic heterocycles. The lowest BCUT2D eigenvalue weighted by atomic mass is 10.1. The van der Waals surface area contributed by atoms with Crippen LogP contribution in [0.5, 0.6) is 0 Å². The fourth-order valence-corrected chi connectivity index (χ4v) is 0.872. The average molecular weight is 168 g/mol. The van der Waals surface area contributed by atoms with E-state index in [2.05, 4.69) is 0 Å². The molecular weight excluding hydrogens is 162 g/mol. The molecule has 0 aliphatic carbocycles. The molecule has 0 aliphatic rings. The van der Waals surface area contributed by atoms with Crippen molar-refractivity contribution in [1.29, 1.82) is 5.26 Å². The number of halogens is 2. The number of benzene rings is 1. The number of hydrogen-bond acceptors (Lipinski definition) is 2. The molecular formula is C8H6F2N2. The molecule has 0 saturated heterocycles. The van der Waals surface area contributed by atoms with Gasteiger partial charge in [0.15, 0.2) is 0 Å². The van der Waals surface area contributed by atoms with Gasteiger partial charge in [-0.3, -0.25) is 0 Å². The summed E-state index contributed by atoms with van der Waals surface area (Å²) in [6.45, 7) is 0. The third-order valence-electron chi connectivity index (χ3n) is 1.45. The highest BCUT2D eigenvalue weighted by Gasteiger charge is 2.14. The van der Waals surface area contributed by atoms with Gasteiger partial charge in [0.2, 0.25) is 0 Å². The Kier molecular flexibility index (Phi) is 2.36. The first-order valence-electron chi connectivity index (χ1n) is 3.26. The van der Waals surface area contributed by atoms with Gasteiger partial charge >= 0.3 is 0 Å². The Morgan fingerprint density at radius 1 is 1.33 bits per heavy atom. The minimum atomic E-state index is -1.24. The maximum Gasteiger partial charge on any atom is 0.131 e. The lowest BCUT2D eigenvalue weighted by Crippen LogP contribution is -2.11. The molecule has 0 heterocycles. The molecule has 1 rings (SSSR count). The van der Waals surface area contributed by atoms with Crippen molar-refractivity contribution >= 4 is 0 Å². The van der Waals surface area contributed by atoms with E-state index in [1.807, 2.05) is 0 Å². The number of nitrogens with two attached hydrogens (primary N) is 1. The predicted molar refractivity (Wildman–Crippen MR) is 38.9 cm³/mol. The van der Waals surface area contributed by atoms with Gasteiger partial charge in [0.05, 0.1) is 11.6 Å². The Balaban J connectivity index is 3.23. The van der Waals surface area contributed by atoms with Gasteiger partial charge in [-0.25, -0.2) is 8.78 Å². The third-order valence-corrected chi connectivity index (χ3v) is 1.45. The quantitative estimate of drug-likeness (QED) is 0.690. The summed E-state index contributed by atoms with van der Waals surface area (Å²) in [5.41, 5.74) is 4.78. The largest absolute Gasteiger partial charge is 0.312 e. The summed E-state index contributed by atoms with van der Waals surface area (Å²) >= 11 is 0. The highest BCUT2D eigenvalue weighted by atomic mass is 19.1. The van der Waals surface area contributed by atoms with Crippen molar-refractivity contribution in [1.82, 2.24) is 0 Å². The van der Waals surface area contributed by atoms with E-state index < -0.39 is 17.7 Å². The maximum absolute atomic E-state index is 12.8. The molecule has 1 aromatic carbocycles. The zero-order chi connectivity index (χ0) is 9.14. The molecule has 1 aromatic rings. The number of nitrogens with zero attached hydrogens (tertiary/aromatic N) is 1. The lowest BCUT2D eigenvalue weighted by molar-refractivity contribution is 0.548. The molecule has 0 fully saturated rings. The Hall–Kier alpha value is -1.47. The van der Waals surface area contributed by atoms with E-state index in [4.69, 9.17) is 11.0 Å². The van der Waals surface area contributed by atoms with Crippen molar-refractivity contribution in [2.75, 3.05) is 0 Å². The van der Waals surface area contributed by atoms with Crippen LogP contribution in [-0.4, -0.2) is 0 Å². The minimum Gasteiger partial charge on any atom is -0.312 e. The molecule has 12 heavy (non-hydrogen) atoms. The van der Waals surface area contributed by atoms with Crippen molar-refractivity contribution in [2.45, 2.75) is 6.04 Å². The zero-order valence-corrected chi connectivity index (χ0v) is 6.09. The number of rotatable bonds is 1. The topological polar surface area (TPSA) is 49.8 Å². The smallest absolute Gasteiger partial charge is 0.131 e. The van der Waals surface area contributed by atoms with Gasteiger partial charge < -0.3 is 5.73 Å². The SMILES string of the molecule is N#C[C@@H](N)c1c(F)cccc1F. The maximum atomic E-state index is 12.8. The van der Waals surface area contributed by atoms with E-state index >= 15 is 0 Å². The molecule has 2 nitrogen and oxygen atoms in total. The fraction of sp³-hybridized carbons (Fsp3) is 0.125. The van der Waals surface area contributed by atoms with E-state index in [0.29, 0.717) is 0 Å². The van der Waals surface area contributed by atoms with Gasteiger partial charge in [-0.1, -0.05) is 6.07 Å². The highest BCUT2D eigenvalue weighted by molar-refractivity contribution is 5.26. The van der Waals surface area contributed by atoms with Crippen LogP contribution >= 0.6 is 0 Å². The van der Waals surface area contributed by atoms with Crippen LogP contribution in [0.2, 0.25) is 0 Å². The van der Waals surface area contributed by atoms with Gasteiger partial charge in [0.25, 0.3) is 0 Å². The van der Waals surface area contributed by atoms with Crippen LogP contribution < -0.4 is 5.73 Å². The molecule has 0 unspecified atom stereocenters. The van der Waals surface area contributed by atoms with Crippen LogP contribution in [-0.2, 0) is 0 Å². The van der Waals surface area contributed by atoms with Crippen LogP contribution in [0.4, 0.5) is 8.78 Å². The summed E-state index contributed by atoms with van der Waals surface area (Å²) in [6, 6.07) is 3.67. The van der Waals surface area contributed by atoms with Crippen molar-refractivity contribution in [2.24, 2.45) is 5.73 Å². The van der Waals surface area contributed by atoms with Crippen LogP contribution in [0.15, 0.2) is 18.2 Å². The molecule has 0 aromatic heterocycles. The second kappa shape index (κ2) is 3.28. The highest BCUT2D eigenvalue weighted by Crippen LogP contribution is 2.17. The van der Waals surface area contributed by atoms with E-state index in [-0.39, 0.29) is 5.56 Å². The summed E-state index contributed by atoms with van der Waals surface area (Å²) in [5, 5.41) is 8.33. The van der Waals surface area contributed by atoms with Crippen LogP contribution in [0.25, 0.3) is 0 Å². The van der Waals surface area contributed by atoms with Crippen molar-refractivity contribution in [3.8, 4) is 6.07 Å². The van der Waals surface area contributed by atoms with E-state index in [0.717, 1.165) is 12.1 Å². The minimum absolute atomic E-state index is 0.375. The molecule has 0 saturated carbocycles.